The van der Waals surface area contributed by atoms with Crippen LogP contribution in [0.25, 0.3) is 16.6 Å². The van der Waals surface area contributed by atoms with Crippen LogP contribution in [0.15, 0.2) is 41.2 Å². The van der Waals surface area contributed by atoms with Crippen LogP contribution in [0.2, 0.25) is 0 Å². The van der Waals surface area contributed by atoms with Gasteiger partial charge in [0.05, 0.1) is 46.9 Å². The number of methoxy groups -OCH3 is 1. The lowest BCUT2D eigenvalue weighted by Crippen LogP contribution is -2.34. The Balaban J connectivity index is 2.11. The molecule has 3 aromatic rings. The SMILES string of the molecule is COc1ccc(-n2c([C@@H]3CCCN3C(=O)O)nc3c(C(F)(F)F)cc(C#N)cc3c2=O)cc1. The largest absolute Gasteiger partial charge is 0.497 e. The van der Waals surface area contributed by atoms with Crippen LogP contribution in [-0.4, -0.2) is 39.3 Å². The molecule has 0 spiro atoms. The molecule has 11 heteroatoms. The van der Waals surface area contributed by atoms with Gasteiger partial charge < -0.3 is 9.84 Å². The Kier molecular flexibility index (Phi) is 5.45. The molecule has 1 N–H and O–H groups in total. The van der Waals surface area contributed by atoms with Gasteiger partial charge in [0.15, 0.2) is 0 Å². The van der Waals surface area contributed by atoms with Crippen LogP contribution in [0, 0.1) is 11.3 Å². The number of fused-ring (bicyclic) bond motifs is 1. The van der Waals surface area contributed by atoms with Crippen LogP contribution >= 0.6 is 0 Å². The second-order valence-corrected chi connectivity index (χ2v) is 7.47. The number of carbonyl (C=O) groups is 1. The standard InChI is InChI=1S/C22H17F3N4O4/c1-33-14-6-4-13(5-7-14)29-19(17-3-2-8-28(17)21(31)32)27-18-15(20(29)30)9-12(11-26)10-16(18)22(23,24)25/h4-7,9-10,17H,2-3,8H2,1H3,(H,31,32)/t17-/m0/s1. The number of benzene rings is 2. The zero-order valence-corrected chi connectivity index (χ0v) is 17.3. The third-order valence-corrected chi connectivity index (χ3v) is 5.56. The van der Waals surface area contributed by atoms with E-state index in [1.165, 1.54) is 19.2 Å². The van der Waals surface area contributed by atoms with Crippen molar-refractivity contribution < 1.29 is 27.8 Å². The van der Waals surface area contributed by atoms with E-state index >= 15 is 0 Å². The lowest BCUT2D eigenvalue weighted by atomic mass is 10.0. The monoisotopic (exact) mass is 458 g/mol. The number of hydrogen-bond donors (Lipinski definition) is 1. The number of nitrogens with zero attached hydrogens (tertiary/aromatic N) is 4. The molecular formula is C22H17F3N4O4. The molecule has 1 amide bonds. The van der Waals surface area contributed by atoms with Gasteiger partial charge in [-0.2, -0.15) is 18.4 Å². The van der Waals surface area contributed by atoms with Crippen molar-refractivity contribution in [3.8, 4) is 17.5 Å². The van der Waals surface area contributed by atoms with Crippen LogP contribution in [0.5, 0.6) is 5.75 Å². The molecule has 0 saturated carbocycles. The van der Waals surface area contributed by atoms with Gasteiger partial charge >= 0.3 is 12.3 Å². The van der Waals surface area contributed by atoms with Crippen LogP contribution in [0.3, 0.4) is 0 Å². The molecule has 1 aromatic heterocycles. The van der Waals surface area contributed by atoms with Gasteiger partial charge in [0.1, 0.15) is 11.6 Å². The molecule has 1 aliphatic heterocycles. The third kappa shape index (κ3) is 3.84. The van der Waals surface area contributed by atoms with Crippen molar-refractivity contribution in [2.24, 2.45) is 0 Å². The second-order valence-electron chi connectivity index (χ2n) is 7.47. The van der Waals surface area contributed by atoms with Crippen LogP contribution in [-0.2, 0) is 6.18 Å². The molecule has 0 aliphatic carbocycles. The van der Waals surface area contributed by atoms with Gasteiger partial charge in [-0.1, -0.05) is 0 Å². The Labute approximate surface area is 185 Å². The van der Waals surface area contributed by atoms with E-state index in [0.29, 0.717) is 18.2 Å². The number of aromatic nitrogens is 2. The van der Waals surface area contributed by atoms with Crippen LogP contribution in [0.1, 0.15) is 35.8 Å². The molecule has 0 unspecified atom stereocenters. The molecule has 0 radical (unpaired) electrons. The summed E-state index contributed by atoms with van der Waals surface area (Å²) < 4.78 is 47.7. The minimum Gasteiger partial charge on any atom is -0.497 e. The molecule has 1 saturated heterocycles. The first-order valence-electron chi connectivity index (χ1n) is 9.87. The zero-order valence-electron chi connectivity index (χ0n) is 17.3. The van der Waals surface area contributed by atoms with Crippen molar-refractivity contribution in [3.05, 3.63) is 63.7 Å². The molecule has 1 atom stereocenters. The summed E-state index contributed by atoms with van der Waals surface area (Å²) in [6.45, 7) is 0.163. The number of alkyl halides is 3. The lowest BCUT2D eigenvalue weighted by Gasteiger charge is -2.25. The highest BCUT2D eigenvalue weighted by Crippen LogP contribution is 2.37. The number of amides is 1. The molecule has 170 valence electrons. The number of halogens is 3. The van der Waals surface area contributed by atoms with Crippen molar-refractivity contribution in [1.82, 2.24) is 14.5 Å². The molecule has 4 rings (SSSR count). The number of hydrogen-bond acceptors (Lipinski definition) is 5. The summed E-state index contributed by atoms with van der Waals surface area (Å²) in [6, 6.07) is 8.60. The van der Waals surface area contributed by atoms with Crippen molar-refractivity contribution >= 4 is 17.0 Å². The summed E-state index contributed by atoms with van der Waals surface area (Å²) in [5.41, 5.74) is -2.74. The van der Waals surface area contributed by atoms with E-state index in [9.17, 15) is 33.1 Å². The molecule has 0 bridgehead atoms. The average molecular weight is 458 g/mol. The summed E-state index contributed by atoms with van der Waals surface area (Å²) in [6.07, 6.45) is -5.38. The first-order valence-corrected chi connectivity index (χ1v) is 9.87. The highest BCUT2D eigenvalue weighted by molar-refractivity contribution is 5.84. The Morgan fingerprint density at radius 2 is 1.97 bits per heavy atom. The van der Waals surface area contributed by atoms with Gasteiger partial charge in [0.25, 0.3) is 5.56 Å². The van der Waals surface area contributed by atoms with Crippen molar-refractivity contribution in [2.75, 3.05) is 13.7 Å². The van der Waals surface area contributed by atoms with E-state index in [2.05, 4.69) is 4.98 Å². The smallest absolute Gasteiger partial charge is 0.418 e. The van der Waals surface area contributed by atoms with Crippen LogP contribution in [0.4, 0.5) is 18.0 Å². The highest BCUT2D eigenvalue weighted by Gasteiger charge is 2.38. The fraction of sp³-hybridized carbons (Fsp3) is 0.273. The number of nitriles is 1. The Morgan fingerprint density at radius 3 is 2.55 bits per heavy atom. The number of carboxylic acid groups (broad SMARTS) is 1. The fourth-order valence-corrected chi connectivity index (χ4v) is 4.06. The number of ether oxygens (including phenoxy) is 1. The predicted octanol–water partition coefficient (Wildman–Crippen LogP) is 4.10. The topological polar surface area (TPSA) is 108 Å². The van der Waals surface area contributed by atoms with Gasteiger partial charge in [-0.3, -0.25) is 14.3 Å². The summed E-state index contributed by atoms with van der Waals surface area (Å²) in [4.78, 5) is 30.6. The third-order valence-electron chi connectivity index (χ3n) is 5.56. The molecular weight excluding hydrogens is 441 g/mol. The van der Waals surface area contributed by atoms with Crippen molar-refractivity contribution in [1.29, 1.82) is 5.26 Å². The summed E-state index contributed by atoms with van der Waals surface area (Å²) >= 11 is 0. The van der Waals surface area contributed by atoms with Crippen molar-refractivity contribution in [2.45, 2.75) is 25.1 Å². The minimum atomic E-state index is -4.88. The van der Waals surface area contributed by atoms with E-state index in [1.54, 1.807) is 18.2 Å². The van der Waals surface area contributed by atoms with E-state index < -0.39 is 35.0 Å². The van der Waals surface area contributed by atoms with Gasteiger partial charge in [0, 0.05) is 6.54 Å². The van der Waals surface area contributed by atoms with Gasteiger partial charge in [-0.25, -0.2) is 9.78 Å². The Bertz CT molecular complexity index is 1340. The molecule has 2 aromatic carbocycles. The van der Waals surface area contributed by atoms with Gasteiger partial charge in [-0.05, 0) is 49.2 Å². The van der Waals surface area contributed by atoms with Crippen molar-refractivity contribution in [3.63, 3.8) is 0 Å². The Hall–Kier alpha value is -4.07. The van der Waals surface area contributed by atoms with Gasteiger partial charge in [-0.15, -0.1) is 0 Å². The van der Waals surface area contributed by atoms with Crippen LogP contribution < -0.4 is 10.3 Å². The zero-order chi connectivity index (χ0) is 23.9. The normalized spacial score (nSPS) is 16.1. The summed E-state index contributed by atoms with van der Waals surface area (Å²) in [7, 11) is 1.45. The van der Waals surface area contributed by atoms with E-state index in [0.717, 1.165) is 15.5 Å². The van der Waals surface area contributed by atoms with Gasteiger partial charge in [0.2, 0.25) is 0 Å². The maximum Gasteiger partial charge on any atom is 0.418 e. The number of likely N-dealkylation sites (tertiary alicyclic amines) is 1. The van der Waals surface area contributed by atoms with E-state index in [4.69, 9.17) is 4.74 Å². The maximum atomic E-state index is 13.8. The number of rotatable bonds is 3. The summed E-state index contributed by atoms with van der Waals surface area (Å²) in [5.74, 6) is 0.369. The molecule has 2 heterocycles. The van der Waals surface area contributed by atoms with E-state index in [-0.39, 0.29) is 35.4 Å². The predicted molar refractivity (Wildman–Crippen MR) is 110 cm³/mol. The van der Waals surface area contributed by atoms with E-state index in [1.807, 2.05) is 0 Å². The fourth-order valence-electron chi connectivity index (χ4n) is 4.06. The average Bonchev–Trinajstić information content (AvgIpc) is 3.28. The quantitative estimate of drug-likeness (QED) is 0.633. The first-order chi connectivity index (χ1) is 15.7. The Morgan fingerprint density at radius 1 is 1.27 bits per heavy atom. The molecule has 33 heavy (non-hydrogen) atoms. The molecule has 8 nitrogen and oxygen atoms in total. The molecule has 1 aliphatic rings. The highest BCUT2D eigenvalue weighted by atomic mass is 19.4. The molecule has 1 fully saturated rings. The minimum absolute atomic E-state index is 0.118. The summed E-state index contributed by atoms with van der Waals surface area (Å²) in [5, 5.41) is 18.4. The first kappa shape index (κ1) is 22.1. The lowest BCUT2D eigenvalue weighted by molar-refractivity contribution is -0.136. The maximum absolute atomic E-state index is 13.8. The second kappa shape index (κ2) is 8.12.